The van der Waals surface area contributed by atoms with E-state index in [-0.39, 0.29) is 6.10 Å². The first kappa shape index (κ1) is 10.7. The van der Waals surface area contributed by atoms with Crippen molar-refractivity contribution in [2.45, 2.75) is 38.2 Å². The van der Waals surface area contributed by atoms with Crippen LogP contribution >= 0.6 is 27.3 Å². The van der Waals surface area contributed by atoms with E-state index in [1.165, 1.54) is 27.9 Å². The lowest BCUT2D eigenvalue weighted by Crippen LogP contribution is -2.25. The number of aliphatic hydroxyl groups is 1. The fraction of sp³-hybridized carbons (Fsp3) is 0.636. The van der Waals surface area contributed by atoms with Gasteiger partial charge in [0.15, 0.2) is 0 Å². The average Bonchev–Trinajstić information content (AvgIpc) is 2.56. The van der Waals surface area contributed by atoms with Gasteiger partial charge in [-0.15, -0.1) is 11.3 Å². The normalized spacial score (nSPS) is 27.9. The van der Waals surface area contributed by atoms with Crippen LogP contribution in [0.3, 0.4) is 0 Å². The highest BCUT2D eigenvalue weighted by atomic mass is 79.9. The zero-order chi connectivity index (χ0) is 9.97. The van der Waals surface area contributed by atoms with Crippen molar-refractivity contribution in [3.63, 3.8) is 0 Å². The summed E-state index contributed by atoms with van der Waals surface area (Å²) >= 11 is 5.26. The Balaban J connectivity index is 1.95. The third-order valence-electron chi connectivity index (χ3n) is 2.96. The molecule has 0 saturated heterocycles. The van der Waals surface area contributed by atoms with Gasteiger partial charge in [0.05, 0.1) is 9.89 Å². The Morgan fingerprint density at radius 2 is 2.14 bits per heavy atom. The van der Waals surface area contributed by atoms with Gasteiger partial charge in [-0.2, -0.15) is 0 Å². The summed E-state index contributed by atoms with van der Waals surface area (Å²) < 4.78 is 1.19. The molecular formula is C11H15BrOS. The van der Waals surface area contributed by atoms with Gasteiger partial charge in [-0.1, -0.05) is 12.8 Å². The number of halogens is 1. The summed E-state index contributed by atoms with van der Waals surface area (Å²) in [6.45, 7) is 0. The molecule has 0 radical (unpaired) electrons. The van der Waals surface area contributed by atoms with Gasteiger partial charge in [0, 0.05) is 4.88 Å². The topological polar surface area (TPSA) is 20.2 Å². The Hall–Kier alpha value is 0.140. The van der Waals surface area contributed by atoms with Crippen LogP contribution in [-0.2, 0) is 6.42 Å². The minimum atomic E-state index is -0.0652. The lowest BCUT2D eigenvalue weighted by Gasteiger charge is -2.26. The van der Waals surface area contributed by atoms with E-state index < -0.39 is 0 Å². The van der Waals surface area contributed by atoms with Crippen molar-refractivity contribution in [3.05, 3.63) is 20.8 Å². The number of hydrogen-bond donors (Lipinski definition) is 1. The first-order valence-electron chi connectivity index (χ1n) is 5.18. The third kappa shape index (κ3) is 2.59. The molecule has 0 aromatic carbocycles. The maximum atomic E-state index is 9.83. The fourth-order valence-electron chi connectivity index (χ4n) is 2.15. The van der Waals surface area contributed by atoms with E-state index in [1.807, 2.05) is 0 Å². The molecule has 0 amide bonds. The first-order chi connectivity index (χ1) is 6.75. The van der Waals surface area contributed by atoms with Gasteiger partial charge in [-0.05, 0) is 53.2 Å². The van der Waals surface area contributed by atoms with Gasteiger partial charge >= 0.3 is 0 Å². The molecule has 0 spiro atoms. The first-order valence-corrected chi connectivity index (χ1v) is 6.79. The molecule has 1 aliphatic rings. The van der Waals surface area contributed by atoms with Gasteiger partial charge in [-0.25, -0.2) is 0 Å². The van der Waals surface area contributed by atoms with Gasteiger partial charge in [0.1, 0.15) is 0 Å². The number of thiophene rings is 1. The lowest BCUT2D eigenvalue weighted by molar-refractivity contribution is 0.0704. The van der Waals surface area contributed by atoms with E-state index in [0.29, 0.717) is 5.92 Å². The molecule has 0 aliphatic heterocycles. The standard InChI is InChI=1S/C11H15BrOS/c12-11-6-5-9(14-11)7-8-3-1-2-4-10(8)13/h5-6,8,10,13H,1-4,7H2. The predicted molar refractivity (Wildman–Crippen MR) is 63.7 cm³/mol. The highest BCUT2D eigenvalue weighted by molar-refractivity contribution is 9.11. The van der Waals surface area contributed by atoms with Crippen LogP contribution in [0.15, 0.2) is 15.9 Å². The van der Waals surface area contributed by atoms with Crippen LogP contribution in [0.1, 0.15) is 30.6 Å². The van der Waals surface area contributed by atoms with Crippen molar-refractivity contribution >= 4 is 27.3 Å². The molecule has 1 aromatic heterocycles. The van der Waals surface area contributed by atoms with Crippen LogP contribution in [0.25, 0.3) is 0 Å². The largest absolute Gasteiger partial charge is 0.393 e. The smallest absolute Gasteiger partial charge is 0.0701 e. The second-order valence-corrected chi connectivity index (χ2v) is 6.57. The second-order valence-electron chi connectivity index (χ2n) is 4.02. The Morgan fingerprint density at radius 3 is 2.79 bits per heavy atom. The Labute approximate surface area is 97.3 Å². The zero-order valence-corrected chi connectivity index (χ0v) is 10.5. The third-order valence-corrected chi connectivity index (χ3v) is 4.61. The van der Waals surface area contributed by atoms with Crippen molar-refractivity contribution in [2.24, 2.45) is 5.92 Å². The second kappa shape index (κ2) is 4.77. The predicted octanol–water partition coefficient (Wildman–Crippen LogP) is 3.60. The Bertz CT molecular complexity index is 297. The molecule has 2 rings (SSSR count). The molecule has 1 aliphatic carbocycles. The molecule has 1 aromatic rings. The average molecular weight is 275 g/mol. The van der Waals surface area contributed by atoms with Crippen molar-refractivity contribution in [3.8, 4) is 0 Å². The van der Waals surface area contributed by atoms with Gasteiger partial charge < -0.3 is 5.11 Å². The Morgan fingerprint density at radius 1 is 1.36 bits per heavy atom. The molecule has 1 heterocycles. The molecule has 0 bridgehead atoms. The molecule has 1 saturated carbocycles. The van der Waals surface area contributed by atoms with Gasteiger partial charge in [0.2, 0.25) is 0 Å². The highest BCUT2D eigenvalue weighted by Gasteiger charge is 2.23. The molecule has 1 N–H and O–H groups in total. The summed E-state index contributed by atoms with van der Waals surface area (Å²) in [5.41, 5.74) is 0. The molecule has 2 atom stereocenters. The molecular weight excluding hydrogens is 260 g/mol. The summed E-state index contributed by atoms with van der Waals surface area (Å²) in [6.07, 6.45) is 5.66. The van der Waals surface area contributed by atoms with Crippen LogP contribution in [-0.4, -0.2) is 11.2 Å². The molecule has 14 heavy (non-hydrogen) atoms. The summed E-state index contributed by atoms with van der Waals surface area (Å²) in [4.78, 5) is 1.39. The molecule has 1 fully saturated rings. The monoisotopic (exact) mass is 274 g/mol. The van der Waals surface area contributed by atoms with E-state index in [2.05, 4.69) is 28.1 Å². The van der Waals surface area contributed by atoms with Gasteiger partial charge in [-0.3, -0.25) is 0 Å². The Kier molecular flexibility index (Phi) is 3.63. The summed E-state index contributed by atoms with van der Waals surface area (Å²) in [7, 11) is 0. The van der Waals surface area contributed by atoms with E-state index in [9.17, 15) is 5.11 Å². The van der Waals surface area contributed by atoms with E-state index in [0.717, 1.165) is 12.8 Å². The van der Waals surface area contributed by atoms with Crippen LogP contribution in [0.4, 0.5) is 0 Å². The van der Waals surface area contributed by atoms with Crippen LogP contribution in [0.2, 0.25) is 0 Å². The van der Waals surface area contributed by atoms with Crippen LogP contribution in [0.5, 0.6) is 0 Å². The van der Waals surface area contributed by atoms with E-state index >= 15 is 0 Å². The molecule has 1 nitrogen and oxygen atoms in total. The van der Waals surface area contributed by atoms with Crippen molar-refractivity contribution in [1.29, 1.82) is 0 Å². The number of hydrogen-bond acceptors (Lipinski definition) is 2. The minimum absolute atomic E-state index is 0.0652. The quantitative estimate of drug-likeness (QED) is 0.874. The van der Waals surface area contributed by atoms with Crippen LogP contribution in [0, 0.1) is 5.92 Å². The van der Waals surface area contributed by atoms with Crippen molar-refractivity contribution < 1.29 is 5.11 Å². The summed E-state index contributed by atoms with van der Waals surface area (Å²) in [5.74, 6) is 0.495. The van der Waals surface area contributed by atoms with Crippen molar-refractivity contribution in [2.75, 3.05) is 0 Å². The highest BCUT2D eigenvalue weighted by Crippen LogP contribution is 2.31. The maximum Gasteiger partial charge on any atom is 0.0701 e. The summed E-state index contributed by atoms with van der Waals surface area (Å²) in [5, 5.41) is 9.83. The molecule has 2 unspecified atom stereocenters. The van der Waals surface area contributed by atoms with Crippen molar-refractivity contribution in [1.82, 2.24) is 0 Å². The number of aliphatic hydroxyl groups excluding tert-OH is 1. The van der Waals surface area contributed by atoms with E-state index in [1.54, 1.807) is 11.3 Å². The zero-order valence-electron chi connectivity index (χ0n) is 8.08. The van der Waals surface area contributed by atoms with E-state index in [4.69, 9.17) is 0 Å². The fourth-order valence-corrected chi connectivity index (χ4v) is 3.72. The van der Waals surface area contributed by atoms with Gasteiger partial charge in [0.25, 0.3) is 0 Å². The minimum Gasteiger partial charge on any atom is -0.393 e. The SMILES string of the molecule is OC1CCCCC1Cc1ccc(Br)s1. The maximum absolute atomic E-state index is 9.83. The lowest BCUT2D eigenvalue weighted by atomic mass is 9.84. The van der Waals surface area contributed by atoms with Crippen LogP contribution < -0.4 is 0 Å². The number of rotatable bonds is 2. The molecule has 78 valence electrons. The molecule has 3 heteroatoms. The summed E-state index contributed by atoms with van der Waals surface area (Å²) in [6, 6.07) is 4.26.